The van der Waals surface area contributed by atoms with E-state index in [2.05, 4.69) is 22.6 Å². The van der Waals surface area contributed by atoms with E-state index in [-0.39, 0.29) is 29.0 Å². The number of carbonyl (C=O) groups excluding carboxylic acids is 2. The Balaban J connectivity index is 1.15. The minimum Gasteiger partial charge on any atom is -0.490 e. The zero-order valence-corrected chi connectivity index (χ0v) is 20.5. The average molecular weight is 483 g/mol. The fraction of sp³-hybridized carbons (Fsp3) is 0.630. The number of hydrogen-bond acceptors (Lipinski definition) is 5. The van der Waals surface area contributed by atoms with E-state index in [0.29, 0.717) is 37.0 Å². The fourth-order valence-electron chi connectivity index (χ4n) is 5.38. The molecular formula is C27H35FN4O3. The van der Waals surface area contributed by atoms with Gasteiger partial charge in [-0.05, 0) is 74.5 Å². The highest BCUT2D eigenvalue weighted by Crippen LogP contribution is 2.55. The standard InChI is InChI=1S/C27H35FN4O3/c1-18-14-27(18,21-10-11-23(28)24(13-21)35-16-19-7-8-19)17-32-22(15-29-31-32)6-4-2-3-5-20-9-12-25(33)30-26(20)34/h10-11,13,15,18-20H,2-9,12,14,16-17H2,1H3,(H,30,33,34)/t18-,20?,27?/m1/s1. The topological polar surface area (TPSA) is 86.1 Å². The Bertz CT molecular complexity index is 1080. The number of imide groups is 1. The van der Waals surface area contributed by atoms with Gasteiger partial charge in [0, 0.05) is 17.8 Å². The highest BCUT2D eigenvalue weighted by atomic mass is 19.1. The summed E-state index contributed by atoms with van der Waals surface area (Å²) in [5, 5.41) is 11.0. The van der Waals surface area contributed by atoms with Crippen molar-refractivity contribution in [3.63, 3.8) is 0 Å². The first-order chi connectivity index (χ1) is 16.9. The highest BCUT2D eigenvalue weighted by Gasteiger charge is 2.53. The van der Waals surface area contributed by atoms with Crippen LogP contribution in [0.15, 0.2) is 24.4 Å². The third-order valence-corrected chi connectivity index (χ3v) is 8.10. The average Bonchev–Trinajstić information content (AvgIpc) is 3.73. The van der Waals surface area contributed by atoms with Gasteiger partial charge < -0.3 is 4.74 Å². The molecular weight excluding hydrogens is 447 g/mol. The monoisotopic (exact) mass is 482 g/mol. The molecule has 0 bridgehead atoms. The van der Waals surface area contributed by atoms with Crippen LogP contribution in [-0.2, 0) is 28.0 Å². The predicted molar refractivity (Wildman–Crippen MR) is 128 cm³/mol. The van der Waals surface area contributed by atoms with E-state index in [9.17, 15) is 14.0 Å². The van der Waals surface area contributed by atoms with Gasteiger partial charge in [-0.15, -0.1) is 5.10 Å². The van der Waals surface area contributed by atoms with Gasteiger partial charge in [-0.25, -0.2) is 9.07 Å². The van der Waals surface area contributed by atoms with Crippen LogP contribution < -0.4 is 10.1 Å². The molecule has 2 saturated carbocycles. The van der Waals surface area contributed by atoms with Crippen LogP contribution in [0.25, 0.3) is 0 Å². The number of amides is 2. The Morgan fingerprint density at radius 1 is 1.20 bits per heavy atom. The summed E-state index contributed by atoms with van der Waals surface area (Å²) in [6.07, 6.45) is 11.0. The molecule has 8 heteroatoms. The number of aromatic nitrogens is 3. The lowest BCUT2D eigenvalue weighted by atomic mass is 9.92. The number of aryl methyl sites for hydroxylation is 1. The van der Waals surface area contributed by atoms with Crippen LogP contribution in [0, 0.1) is 23.6 Å². The lowest BCUT2D eigenvalue weighted by Crippen LogP contribution is -2.40. The van der Waals surface area contributed by atoms with E-state index in [1.807, 2.05) is 23.0 Å². The van der Waals surface area contributed by atoms with Crippen LogP contribution in [0.2, 0.25) is 0 Å². The van der Waals surface area contributed by atoms with Gasteiger partial charge in [0.25, 0.3) is 0 Å². The quantitative estimate of drug-likeness (QED) is 0.359. The number of piperidine rings is 1. The summed E-state index contributed by atoms with van der Waals surface area (Å²) >= 11 is 0. The molecule has 1 aromatic heterocycles. The first kappa shape index (κ1) is 23.9. The Labute approximate surface area is 205 Å². The van der Waals surface area contributed by atoms with Crippen molar-refractivity contribution in [3.8, 4) is 5.75 Å². The molecule has 2 aromatic rings. The Morgan fingerprint density at radius 3 is 2.77 bits per heavy atom. The largest absolute Gasteiger partial charge is 0.490 e. The molecule has 3 fully saturated rings. The van der Waals surface area contributed by atoms with Gasteiger partial charge in [0.1, 0.15) is 0 Å². The van der Waals surface area contributed by atoms with E-state index >= 15 is 0 Å². The van der Waals surface area contributed by atoms with Gasteiger partial charge in [-0.3, -0.25) is 14.9 Å². The normalized spacial score (nSPS) is 26.0. The van der Waals surface area contributed by atoms with E-state index < -0.39 is 0 Å². The van der Waals surface area contributed by atoms with Crippen molar-refractivity contribution in [2.45, 2.75) is 83.1 Å². The van der Waals surface area contributed by atoms with Crippen molar-refractivity contribution in [2.24, 2.45) is 17.8 Å². The number of nitrogens with one attached hydrogen (secondary N) is 1. The maximum absolute atomic E-state index is 14.4. The molecule has 188 valence electrons. The number of hydrogen-bond donors (Lipinski definition) is 1. The van der Waals surface area contributed by atoms with Crippen LogP contribution in [0.3, 0.4) is 0 Å². The molecule has 2 heterocycles. The van der Waals surface area contributed by atoms with Crippen LogP contribution in [0.5, 0.6) is 5.75 Å². The molecule has 5 rings (SSSR count). The summed E-state index contributed by atoms with van der Waals surface area (Å²) in [5.41, 5.74) is 2.15. The van der Waals surface area contributed by atoms with Crippen molar-refractivity contribution >= 4 is 11.8 Å². The fourth-order valence-corrected chi connectivity index (χ4v) is 5.38. The van der Waals surface area contributed by atoms with E-state index in [1.54, 1.807) is 0 Å². The highest BCUT2D eigenvalue weighted by molar-refractivity contribution is 5.98. The predicted octanol–water partition coefficient (Wildman–Crippen LogP) is 4.34. The van der Waals surface area contributed by atoms with Gasteiger partial charge in [-0.1, -0.05) is 31.0 Å². The number of nitrogens with zero attached hydrogens (tertiary/aromatic N) is 3. The number of benzene rings is 1. The Hall–Kier alpha value is -2.77. The van der Waals surface area contributed by atoms with Crippen LogP contribution in [0.1, 0.15) is 76.0 Å². The van der Waals surface area contributed by atoms with Crippen LogP contribution in [-0.4, -0.2) is 33.4 Å². The molecule has 1 N–H and O–H groups in total. The summed E-state index contributed by atoms with van der Waals surface area (Å²) in [7, 11) is 0. The van der Waals surface area contributed by atoms with Crippen molar-refractivity contribution in [3.05, 3.63) is 41.5 Å². The van der Waals surface area contributed by atoms with E-state index in [1.165, 1.54) is 18.9 Å². The molecule has 0 spiro atoms. The van der Waals surface area contributed by atoms with Crippen molar-refractivity contribution in [2.75, 3.05) is 6.61 Å². The second-order valence-electron chi connectivity index (χ2n) is 10.8. The molecule has 0 radical (unpaired) electrons. The van der Waals surface area contributed by atoms with Crippen molar-refractivity contribution < 1.29 is 18.7 Å². The zero-order valence-electron chi connectivity index (χ0n) is 20.5. The number of ether oxygens (including phenoxy) is 1. The third kappa shape index (κ3) is 5.57. The minimum absolute atomic E-state index is 0.0371. The first-order valence-electron chi connectivity index (χ1n) is 13.1. The molecule has 2 amide bonds. The zero-order chi connectivity index (χ0) is 24.4. The summed E-state index contributed by atoms with van der Waals surface area (Å²) in [4.78, 5) is 23.2. The maximum Gasteiger partial charge on any atom is 0.229 e. The third-order valence-electron chi connectivity index (χ3n) is 8.10. The maximum atomic E-state index is 14.4. The molecule has 1 saturated heterocycles. The molecule has 2 unspecified atom stereocenters. The second kappa shape index (κ2) is 10.1. The molecule has 1 aliphatic heterocycles. The Kier molecular flexibility index (Phi) is 6.89. The summed E-state index contributed by atoms with van der Waals surface area (Å²) < 4.78 is 22.2. The van der Waals surface area contributed by atoms with Crippen LogP contribution >= 0.6 is 0 Å². The SMILES string of the molecule is C[C@@H]1CC1(Cn1nncc1CCCCCC1CCC(=O)NC1=O)c1ccc(F)c(OCC2CC2)c1. The Morgan fingerprint density at radius 2 is 2.03 bits per heavy atom. The summed E-state index contributed by atoms with van der Waals surface area (Å²) in [6, 6.07) is 5.33. The lowest BCUT2D eigenvalue weighted by Gasteiger charge is -2.20. The van der Waals surface area contributed by atoms with E-state index in [0.717, 1.165) is 56.3 Å². The summed E-state index contributed by atoms with van der Waals surface area (Å²) in [5.74, 6) is 0.819. The van der Waals surface area contributed by atoms with Gasteiger partial charge in [0.15, 0.2) is 11.6 Å². The lowest BCUT2D eigenvalue weighted by molar-refractivity contribution is -0.136. The smallest absolute Gasteiger partial charge is 0.229 e. The minimum atomic E-state index is -0.295. The van der Waals surface area contributed by atoms with Gasteiger partial charge in [0.05, 0.1) is 25.0 Å². The van der Waals surface area contributed by atoms with Gasteiger partial charge >= 0.3 is 0 Å². The number of rotatable bonds is 12. The molecule has 1 aromatic carbocycles. The molecule has 3 aliphatic rings. The number of unbranched alkanes of at least 4 members (excludes halogenated alkanes) is 2. The molecule has 3 atom stereocenters. The van der Waals surface area contributed by atoms with Gasteiger partial charge in [-0.2, -0.15) is 0 Å². The summed E-state index contributed by atoms with van der Waals surface area (Å²) in [6.45, 7) is 3.56. The first-order valence-corrected chi connectivity index (χ1v) is 13.1. The number of halogens is 1. The van der Waals surface area contributed by atoms with E-state index in [4.69, 9.17) is 4.74 Å². The molecule has 2 aliphatic carbocycles. The van der Waals surface area contributed by atoms with Crippen LogP contribution in [0.4, 0.5) is 4.39 Å². The second-order valence-corrected chi connectivity index (χ2v) is 10.8. The van der Waals surface area contributed by atoms with Crippen molar-refractivity contribution in [1.29, 1.82) is 0 Å². The molecule has 7 nitrogen and oxygen atoms in total. The van der Waals surface area contributed by atoms with Crippen molar-refractivity contribution in [1.82, 2.24) is 20.3 Å². The number of carbonyl (C=O) groups is 2. The van der Waals surface area contributed by atoms with Gasteiger partial charge in [0.2, 0.25) is 11.8 Å². The molecule has 35 heavy (non-hydrogen) atoms.